The summed E-state index contributed by atoms with van der Waals surface area (Å²) in [6.45, 7) is 1.95. The van der Waals surface area contributed by atoms with Gasteiger partial charge in [0.15, 0.2) is 5.78 Å². The molecular formula is C24H21ClO3. The Kier molecular flexibility index (Phi) is 6.62. The van der Waals surface area contributed by atoms with Crippen LogP contribution in [0.2, 0.25) is 5.02 Å². The molecule has 3 nitrogen and oxygen atoms in total. The van der Waals surface area contributed by atoms with Crippen molar-refractivity contribution in [2.24, 2.45) is 5.92 Å². The Hall–Kier alpha value is -2.91. The fourth-order valence-electron chi connectivity index (χ4n) is 3.32. The molecule has 3 rings (SSSR count). The lowest BCUT2D eigenvalue weighted by Gasteiger charge is -2.26. The number of Topliss-reactive ketones (excluding diaryl/α,β-unsaturated/α-hetero) is 1. The molecular weight excluding hydrogens is 372 g/mol. The molecule has 0 saturated heterocycles. The Balaban J connectivity index is 2.14. The summed E-state index contributed by atoms with van der Waals surface area (Å²) in [4.78, 5) is 26.3. The second-order valence-corrected chi connectivity index (χ2v) is 6.84. The zero-order chi connectivity index (χ0) is 19.9. The molecule has 0 fully saturated rings. The number of carbonyl (C=O) groups is 2. The monoisotopic (exact) mass is 392 g/mol. The molecule has 0 aromatic heterocycles. The number of halogens is 1. The standard InChI is InChI=1S/C24H21ClO3/c1-2-28-24(27)22(23(26)19-11-7-4-8-12-19)21(17-9-5-3-6-10-17)18-13-15-20(25)16-14-18/h3-16,21-22H,2H2,1H3. The molecule has 2 atom stereocenters. The van der Waals surface area contributed by atoms with Gasteiger partial charge in [-0.15, -0.1) is 0 Å². The van der Waals surface area contributed by atoms with Crippen molar-refractivity contribution in [2.45, 2.75) is 12.8 Å². The first-order chi connectivity index (χ1) is 13.6. The molecule has 28 heavy (non-hydrogen) atoms. The van der Waals surface area contributed by atoms with Gasteiger partial charge in [-0.2, -0.15) is 0 Å². The number of esters is 1. The number of hydrogen-bond donors (Lipinski definition) is 0. The molecule has 0 amide bonds. The summed E-state index contributed by atoms with van der Waals surface area (Å²) >= 11 is 6.05. The Bertz CT molecular complexity index is 921. The summed E-state index contributed by atoms with van der Waals surface area (Å²) in [5.41, 5.74) is 2.18. The molecule has 3 aromatic carbocycles. The lowest BCUT2D eigenvalue weighted by Crippen LogP contribution is -2.32. The molecule has 0 bridgehead atoms. The zero-order valence-corrected chi connectivity index (χ0v) is 16.3. The first-order valence-corrected chi connectivity index (χ1v) is 9.56. The van der Waals surface area contributed by atoms with Gasteiger partial charge in [-0.05, 0) is 30.2 Å². The van der Waals surface area contributed by atoms with Gasteiger partial charge in [-0.3, -0.25) is 9.59 Å². The van der Waals surface area contributed by atoms with Crippen molar-refractivity contribution in [3.8, 4) is 0 Å². The molecule has 0 N–H and O–H groups in total. The maximum Gasteiger partial charge on any atom is 0.317 e. The zero-order valence-electron chi connectivity index (χ0n) is 15.5. The molecule has 3 aromatic rings. The number of hydrogen-bond acceptors (Lipinski definition) is 3. The van der Waals surface area contributed by atoms with E-state index in [4.69, 9.17) is 16.3 Å². The van der Waals surface area contributed by atoms with E-state index < -0.39 is 17.8 Å². The van der Waals surface area contributed by atoms with Crippen LogP contribution in [0, 0.1) is 5.92 Å². The van der Waals surface area contributed by atoms with Crippen molar-refractivity contribution in [1.29, 1.82) is 0 Å². The van der Waals surface area contributed by atoms with Gasteiger partial charge in [0.2, 0.25) is 0 Å². The van der Waals surface area contributed by atoms with Crippen LogP contribution in [0.15, 0.2) is 84.9 Å². The van der Waals surface area contributed by atoms with Gasteiger partial charge in [-0.25, -0.2) is 0 Å². The van der Waals surface area contributed by atoms with Crippen molar-refractivity contribution in [3.05, 3.63) is 107 Å². The fourth-order valence-corrected chi connectivity index (χ4v) is 3.44. The number of ketones is 1. The highest BCUT2D eigenvalue weighted by molar-refractivity contribution is 6.30. The van der Waals surface area contributed by atoms with Crippen LogP contribution in [0.25, 0.3) is 0 Å². The van der Waals surface area contributed by atoms with Gasteiger partial charge in [0.05, 0.1) is 6.61 Å². The lowest BCUT2D eigenvalue weighted by atomic mass is 9.77. The molecule has 0 radical (unpaired) electrons. The molecule has 142 valence electrons. The summed E-state index contributed by atoms with van der Waals surface area (Å²) in [6.07, 6.45) is 0. The summed E-state index contributed by atoms with van der Waals surface area (Å²) < 4.78 is 5.31. The van der Waals surface area contributed by atoms with Crippen molar-refractivity contribution in [2.75, 3.05) is 6.61 Å². The van der Waals surface area contributed by atoms with Gasteiger partial charge in [-0.1, -0.05) is 84.4 Å². The van der Waals surface area contributed by atoms with Crippen LogP contribution in [0.5, 0.6) is 0 Å². The largest absolute Gasteiger partial charge is 0.465 e. The minimum atomic E-state index is -0.995. The van der Waals surface area contributed by atoms with E-state index >= 15 is 0 Å². The van der Waals surface area contributed by atoms with E-state index in [1.54, 1.807) is 43.3 Å². The van der Waals surface area contributed by atoms with E-state index in [1.807, 2.05) is 48.5 Å². The average molecular weight is 393 g/mol. The predicted octanol–water partition coefficient (Wildman–Crippen LogP) is 5.53. The highest BCUT2D eigenvalue weighted by Gasteiger charge is 2.38. The van der Waals surface area contributed by atoms with E-state index in [2.05, 4.69) is 0 Å². The fraction of sp³-hybridized carbons (Fsp3) is 0.167. The van der Waals surface area contributed by atoms with E-state index in [-0.39, 0.29) is 12.4 Å². The van der Waals surface area contributed by atoms with Crippen LogP contribution < -0.4 is 0 Å². The molecule has 0 heterocycles. The Morgan fingerprint density at radius 1 is 0.821 bits per heavy atom. The summed E-state index contributed by atoms with van der Waals surface area (Å²) in [6, 6.07) is 25.6. The Labute approximate surface area is 169 Å². The minimum absolute atomic E-state index is 0.208. The van der Waals surface area contributed by atoms with Crippen molar-refractivity contribution in [1.82, 2.24) is 0 Å². The van der Waals surface area contributed by atoms with E-state index in [0.29, 0.717) is 10.6 Å². The third-order valence-corrected chi connectivity index (χ3v) is 4.85. The number of rotatable bonds is 7. The van der Waals surface area contributed by atoms with Gasteiger partial charge in [0.1, 0.15) is 5.92 Å². The first kappa shape index (κ1) is 19.8. The maximum absolute atomic E-state index is 13.4. The maximum atomic E-state index is 13.4. The molecule has 0 spiro atoms. The topological polar surface area (TPSA) is 43.4 Å². The van der Waals surface area contributed by atoms with Crippen LogP contribution in [0.1, 0.15) is 34.3 Å². The number of carbonyl (C=O) groups excluding carboxylic acids is 2. The van der Waals surface area contributed by atoms with Gasteiger partial charge < -0.3 is 4.74 Å². The summed E-state index contributed by atoms with van der Waals surface area (Å²) in [5.74, 6) is -2.26. The Morgan fingerprint density at radius 2 is 1.36 bits per heavy atom. The van der Waals surface area contributed by atoms with Gasteiger partial charge in [0, 0.05) is 16.5 Å². The quantitative estimate of drug-likeness (QED) is 0.301. The van der Waals surface area contributed by atoms with Gasteiger partial charge in [0.25, 0.3) is 0 Å². The smallest absolute Gasteiger partial charge is 0.317 e. The molecule has 0 aliphatic rings. The molecule has 0 aliphatic carbocycles. The van der Waals surface area contributed by atoms with Crippen LogP contribution in [0.3, 0.4) is 0 Å². The van der Waals surface area contributed by atoms with Gasteiger partial charge >= 0.3 is 5.97 Å². The van der Waals surface area contributed by atoms with Crippen LogP contribution >= 0.6 is 11.6 Å². The lowest BCUT2D eigenvalue weighted by molar-refractivity contribution is -0.146. The van der Waals surface area contributed by atoms with E-state index in [0.717, 1.165) is 11.1 Å². The molecule has 0 saturated carbocycles. The molecule has 4 heteroatoms. The van der Waals surface area contributed by atoms with Crippen molar-refractivity contribution >= 4 is 23.4 Å². The third-order valence-electron chi connectivity index (χ3n) is 4.60. The second kappa shape index (κ2) is 9.34. The van der Waals surface area contributed by atoms with Crippen LogP contribution in [-0.2, 0) is 9.53 Å². The van der Waals surface area contributed by atoms with Crippen molar-refractivity contribution in [3.63, 3.8) is 0 Å². The van der Waals surface area contributed by atoms with E-state index in [9.17, 15) is 9.59 Å². The SMILES string of the molecule is CCOC(=O)C(C(=O)c1ccccc1)C(c1ccccc1)c1ccc(Cl)cc1. The van der Waals surface area contributed by atoms with Crippen molar-refractivity contribution < 1.29 is 14.3 Å². The highest BCUT2D eigenvalue weighted by Crippen LogP contribution is 2.35. The average Bonchev–Trinajstić information content (AvgIpc) is 2.74. The summed E-state index contributed by atoms with van der Waals surface area (Å²) in [5, 5.41) is 0.595. The normalized spacial score (nSPS) is 12.8. The number of ether oxygens (including phenoxy) is 1. The first-order valence-electron chi connectivity index (χ1n) is 9.18. The molecule has 2 unspecified atom stereocenters. The summed E-state index contributed by atoms with van der Waals surface area (Å²) in [7, 11) is 0. The van der Waals surface area contributed by atoms with Crippen LogP contribution in [-0.4, -0.2) is 18.4 Å². The number of benzene rings is 3. The molecule has 0 aliphatic heterocycles. The highest BCUT2D eigenvalue weighted by atomic mass is 35.5. The second-order valence-electron chi connectivity index (χ2n) is 6.40. The van der Waals surface area contributed by atoms with E-state index in [1.165, 1.54) is 0 Å². The predicted molar refractivity (Wildman–Crippen MR) is 111 cm³/mol. The minimum Gasteiger partial charge on any atom is -0.465 e. The van der Waals surface area contributed by atoms with Crippen LogP contribution in [0.4, 0.5) is 0 Å². The third kappa shape index (κ3) is 4.49. The Morgan fingerprint density at radius 3 is 1.93 bits per heavy atom.